The molecule has 2 nitrogen and oxygen atoms in total. The highest BCUT2D eigenvalue weighted by atomic mass is 32.1. The molecule has 1 aliphatic carbocycles. The molecule has 0 amide bonds. The Morgan fingerprint density at radius 1 is 1.19 bits per heavy atom. The van der Waals surface area contributed by atoms with Gasteiger partial charge < -0.3 is 5.32 Å². The van der Waals surface area contributed by atoms with Crippen LogP contribution in [-0.4, -0.2) is 11.5 Å². The number of fused-ring (bicyclic) bond motifs is 1. The van der Waals surface area contributed by atoms with Gasteiger partial charge >= 0.3 is 0 Å². The summed E-state index contributed by atoms with van der Waals surface area (Å²) in [4.78, 5) is 4.99. The minimum atomic E-state index is -0.00734. The first-order valence-corrected chi connectivity index (χ1v) is 8.61. The van der Waals surface area contributed by atoms with Gasteiger partial charge in [-0.05, 0) is 30.5 Å². The van der Waals surface area contributed by atoms with E-state index in [4.69, 9.17) is 4.98 Å². The van der Waals surface area contributed by atoms with Crippen molar-refractivity contribution in [1.29, 1.82) is 0 Å². The molecule has 0 saturated heterocycles. The summed E-state index contributed by atoms with van der Waals surface area (Å²) in [6.45, 7) is 9.85. The van der Waals surface area contributed by atoms with Crippen molar-refractivity contribution in [3.63, 3.8) is 0 Å². The quantitative estimate of drug-likeness (QED) is 0.925. The third kappa shape index (κ3) is 2.65. The van der Waals surface area contributed by atoms with E-state index in [9.17, 15) is 0 Å². The summed E-state index contributed by atoms with van der Waals surface area (Å²) in [6.07, 6.45) is 2.10. The van der Waals surface area contributed by atoms with Crippen LogP contribution >= 0.6 is 11.3 Å². The maximum atomic E-state index is 4.99. The lowest BCUT2D eigenvalue weighted by atomic mass is 9.92. The lowest BCUT2D eigenvalue weighted by molar-refractivity contribution is 0.355. The molecule has 0 radical (unpaired) electrons. The number of rotatable bonds is 3. The summed E-state index contributed by atoms with van der Waals surface area (Å²) in [5.41, 5.74) is 4.24. The summed E-state index contributed by atoms with van der Waals surface area (Å²) in [5, 5.41) is 7.21. The summed E-state index contributed by atoms with van der Waals surface area (Å²) < 4.78 is 0. The molecule has 1 N–H and O–H groups in total. The second kappa shape index (κ2) is 5.22. The first kappa shape index (κ1) is 14.7. The van der Waals surface area contributed by atoms with Gasteiger partial charge in [0.05, 0.1) is 11.2 Å². The smallest absolute Gasteiger partial charge is 0.114 e. The molecule has 0 atom stereocenters. The van der Waals surface area contributed by atoms with Crippen LogP contribution in [-0.2, 0) is 23.8 Å². The van der Waals surface area contributed by atoms with E-state index in [0.717, 1.165) is 19.4 Å². The van der Waals surface area contributed by atoms with Crippen LogP contribution < -0.4 is 5.32 Å². The Kier molecular flexibility index (Phi) is 3.66. The molecule has 0 spiro atoms. The maximum absolute atomic E-state index is 4.99. The number of benzene rings is 1. The maximum Gasteiger partial charge on any atom is 0.114 e. The zero-order valence-electron chi connectivity index (χ0n) is 13.4. The standard InChI is InChI=1S/C18H24N2S/c1-5-19-18(10-13-8-6-7-9-14(13)11-18)16-20-15(12-21-16)17(2,3)4/h6-9,12,19H,5,10-11H2,1-4H3. The molecule has 2 aromatic rings. The van der Waals surface area contributed by atoms with Gasteiger partial charge in [-0.2, -0.15) is 0 Å². The normalized spacial score (nSPS) is 17.0. The first-order chi connectivity index (χ1) is 9.94. The van der Waals surface area contributed by atoms with Gasteiger partial charge in [0.25, 0.3) is 0 Å². The van der Waals surface area contributed by atoms with E-state index < -0.39 is 0 Å². The molecule has 3 heteroatoms. The van der Waals surface area contributed by atoms with Crippen molar-refractivity contribution < 1.29 is 0 Å². The minimum Gasteiger partial charge on any atom is -0.305 e. The molecule has 0 aliphatic heterocycles. The summed E-state index contributed by atoms with van der Waals surface area (Å²) in [7, 11) is 0. The number of likely N-dealkylation sites (N-methyl/N-ethyl adjacent to an activating group) is 1. The van der Waals surface area contributed by atoms with Crippen LogP contribution in [0.5, 0.6) is 0 Å². The molecule has 0 fully saturated rings. The van der Waals surface area contributed by atoms with Gasteiger partial charge in [0.15, 0.2) is 0 Å². The Balaban J connectivity index is 1.99. The van der Waals surface area contributed by atoms with Gasteiger partial charge in [0.1, 0.15) is 5.01 Å². The van der Waals surface area contributed by atoms with Crippen LogP contribution in [0.1, 0.15) is 49.5 Å². The zero-order valence-corrected chi connectivity index (χ0v) is 14.2. The van der Waals surface area contributed by atoms with E-state index in [2.05, 4.69) is 62.7 Å². The van der Waals surface area contributed by atoms with Crippen molar-refractivity contribution in [3.8, 4) is 0 Å². The molecule has 1 aromatic heterocycles. The highest BCUT2D eigenvalue weighted by Crippen LogP contribution is 2.40. The van der Waals surface area contributed by atoms with Gasteiger partial charge in [-0.3, -0.25) is 0 Å². The number of nitrogens with zero attached hydrogens (tertiary/aromatic N) is 1. The lowest BCUT2D eigenvalue weighted by Crippen LogP contribution is -2.43. The average Bonchev–Trinajstić information content (AvgIpc) is 3.03. The van der Waals surface area contributed by atoms with Gasteiger partial charge in [0, 0.05) is 10.8 Å². The topological polar surface area (TPSA) is 24.9 Å². The molecule has 1 heterocycles. The number of hydrogen-bond donors (Lipinski definition) is 1. The van der Waals surface area contributed by atoms with E-state index in [0.29, 0.717) is 0 Å². The first-order valence-electron chi connectivity index (χ1n) is 7.73. The fourth-order valence-corrected chi connectivity index (χ4v) is 4.37. The molecule has 0 bridgehead atoms. The van der Waals surface area contributed by atoms with E-state index in [1.807, 2.05) is 11.3 Å². The van der Waals surface area contributed by atoms with Crippen molar-refractivity contribution in [2.45, 2.75) is 51.5 Å². The Labute approximate surface area is 131 Å². The van der Waals surface area contributed by atoms with Crippen LogP contribution in [0.4, 0.5) is 0 Å². The molecule has 0 saturated carbocycles. The highest BCUT2D eigenvalue weighted by Gasteiger charge is 2.40. The largest absolute Gasteiger partial charge is 0.305 e. The van der Waals surface area contributed by atoms with Crippen molar-refractivity contribution in [2.75, 3.05) is 6.54 Å². The van der Waals surface area contributed by atoms with E-state index in [1.165, 1.54) is 21.8 Å². The Morgan fingerprint density at radius 2 is 1.81 bits per heavy atom. The molecule has 0 unspecified atom stereocenters. The lowest BCUT2D eigenvalue weighted by Gasteiger charge is -2.28. The molecule has 21 heavy (non-hydrogen) atoms. The summed E-state index contributed by atoms with van der Waals surface area (Å²) >= 11 is 1.81. The highest BCUT2D eigenvalue weighted by molar-refractivity contribution is 7.09. The second-order valence-corrected chi connectivity index (χ2v) is 7.88. The van der Waals surface area contributed by atoms with Crippen molar-refractivity contribution in [1.82, 2.24) is 10.3 Å². The number of thiazole rings is 1. The van der Waals surface area contributed by atoms with E-state index >= 15 is 0 Å². The number of aromatic nitrogens is 1. The predicted molar refractivity (Wildman–Crippen MR) is 90.0 cm³/mol. The zero-order chi connectivity index (χ0) is 15.1. The van der Waals surface area contributed by atoms with Crippen LogP contribution in [0.15, 0.2) is 29.6 Å². The molecular formula is C18H24N2S. The van der Waals surface area contributed by atoms with Crippen LogP contribution in [0.25, 0.3) is 0 Å². The SMILES string of the molecule is CCNC1(c2nc(C(C)(C)C)cs2)Cc2ccccc2C1. The monoisotopic (exact) mass is 300 g/mol. The Hall–Kier alpha value is -1.19. The molecule has 112 valence electrons. The van der Waals surface area contributed by atoms with Crippen molar-refractivity contribution in [3.05, 3.63) is 51.5 Å². The van der Waals surface area contributed by atoms with Crippen molar-refractivity contribution in [2.24, 2.45) is 0 Å². The van der Waals surface area contributed by atoms with E-state index in [-0.39, 0.29) is 11.0 Å². The molecule has 1 aromatic carbocycles. The third-order valence-electron chi connectivity index (χ3n) is 4.30. The molecular weight excluding hydrogens is 276 g/mol. The summed E-state index contributed by atoms with van der Waals surface area (Å²) in [5.74, 6) is 0. The van der Waals surface area contributed by atoms with Gasteiger partial charge in [0.2, 0.25) is 0 Å². The van der Waals surface area contributed by atoms with Gasteiger partial charge in [-0.1, -0.05) is 52.0 Å². The van der Waals surface area contributed by atoms with E-state index in [1.54, 1.807) is 0 Å². The van der Waals surface area contributed by atoms with Gasteiger partial charge in [-0.15, -0.1) is 11.3 Å². The predicted octanol–water partition coefficient (Wildman–Crippen LogP) is 4.04. The second-order valence-electron chi connectivity index (χ2n) is 7.02. The van der Waals surface area contributed by atoms with Crippen molar-refractivity contribution >= 4 is 11.3 Å². The number of hydrogen-bond acceptors (Lipinski definition) is 3. The number of nitrogens with one attached hydrogen (secondary N) is 1. The Bertz CT molecular complexity index is 612. The molecule has 1 aliphatic rings. The van der Waals surface area contributed by atoms with Crippen LogP contribution in [0.2, 0.25) is 0 Å². The fourth-order valence-electron chi connectivity index (χ4n) is 3.14. The Morgan fingerprint density at radius 3 is 2.29 bits per heavy atom. The minimum absolute atomic E-state index is 0.00734. The van der Waals surface area contributed by atoms with Gasteiger partial charge in [-0.25, -0.2) is 4.98 Å². The van der Waals surface area contributed by atoms with Crippen LogP contribution in [0.3, 0.4) is 0 Å². The third-order valence-corrected chi connectivity index (χ3v) is 5.35. The average molecular weight is 300 g/mol. The molecule has 3 rings (SSSR count). The van der Waals surface area contributed by atoms with Crippen LogP contribution in [0, 0.1) is 0 Å². The fraction of sp³-hybridized carbons (Fsp3) is 0.500. The summed E-state index contributed by atoms with van der Waals surface area (Å²) in [6, 6.07) is 8.80.